The van der Waals surface area contributed by atoms with E-state index < -0.39 is 0 Å². The lowest BCUT2D eigenvalue weighted by Crippen LogP contribution is -3.14. The van der Waals surface area contributed by atoms with Crippen molar-refractivity contribution in [3.8, 4) is 0 Å². The first-order valence-corrected chi connectivity index (χ1v) is 9.70. The average Bonchev–Trinajstić information content (AvgIpc) is 2.82. The number of amides is 1. The summed E-state index contributed by atoms with van der Waals surface area (Å²) in [5, 5.41) is 4.12. The van der Waals surface area contributed by atoms with Gasteiger partial charge in [0.05, 0.1) is 0 Å². The first kappa shape index (κ1) is 18.1. The fraction of sp³-hybridized carbons (Fsp3) is 0.450. The van der Waals surface area contributed by atoms with Crippen LogP contribution in [0.5, 0.6) is 0 Å². The number of rotatable bonds is 4. The van der Waals surface area contributed by atoms with Gasteiger partial charge in [-0.3, -0.25) is 4.79 Å². The second-order valence-corrected chi connectivity index (χ2v) is 8.23. The molecule has 1 unspecified atom stereocenters. The summed E-state index contributed by atoms with van der Waals surface area (Å²) >= 11 is 1.68. The molecular formula is C20H27N2O2S+. The number of carbonyl (C=O) groups is 1. The van der Waals surface area contributed by atoms with Crippen LogP contribution < -0.4 is 10.2 Å². The molecule has 1 fully saturated rings. The summed E-state index contributed by atoms with van der Waals surface area (Å²) in [6.45, 7) is 11.5. The first-order chi connectivity index (χ1) is 11.9. The summed E-state index contributed by atoms with van der Waals surface area (Å²) in [6, 6.07) is 9.40. The van der Waals surface area contributed by atoms with E-state index in [9.17, 15) is 4.79 Å². The van der Waals surface area contributed by atoms with Crippen LogP contribution in [0.4, 0.5) is 5.00 Å². The quantitative estimate of drug-likeness (QED) is 0.882. The highest BCUT2D eigenvalue weighted by atomic mass is 32.1. The second kappa shape index (κ2) is 7.68. The minimum absolute atomic E-state index is 0.0400. The summed E-state index contributed by atoms with van der Waals surface area (Å²) in [5.74, 6) is -0.0400. The van der Waals surface area contributed by atoms with Crippen molar-refractivity contribution >= 4 is 22.2 Å². The van der Waals surface area contributed by atoms with Crippen LogP contribution in [0.1, 0.15) is 40.2 Å². The van der Waals surface area contributed by atoms with Gasteiger partial charge in [-0.2, -0.15) is 0 Å². The Kier molecular flexibility index (Phi) is 5.57. The molecule has 0 aliphatic carbocycles. The number of benzene rings is 1. The van der Waals surface area contributed by atoms with Crippen molar-refractivity contribution in [3.63, 3.8) is 0 Å². The second-order valence-electron chi connectivity index (χ2n) is 7.00. The maximum absolute atomic E-state index is 12.6. The van der Waals surface area contributed by atoms with Gasteiger partial charge in [-0.1, -0.05) is 18.2 Å². The van der Waals surface area contributed by atoms with Crippen LogP contribution in [0.25, 0.3) is 0 Å². The highest BCUT2D eigenvalue weighted by Crippen LogP contribution is 2.32. The smallest absolute Gasteiger partial charge is 0.256 e. The van der Waals surface area contributed by atoms with Crippen LogP contribution in [-0.2, 0) is 11.3 Å². The number of quaternary nitrogens is 1. The van der Waals surface area contributed by atoms with E-state index in [4.69, 9.17) is 4.74 Å². The monoisotopic (exact) mass is 359 g/mol. The van der Waals surface area contributed by atoms with E-state index in [0.29, 0.717) is 5.56 Å². The van der Waals surface area contributed by atoms with Gasteiger partial charge in [-0.15, -0.1) is 11.3 Å². The number of hydrogen-bond donors (Lipinski definition) is 2. The summed E-state index contributed by atoms with van der Waals surface area (Å²) in [4.78, 5) is 15.3. The molecule has 2 heterocycles. The minimum atomic E-state index is -0.0400. The molecule has 3 atom stereocenters. The van der Waals surface area contributed by atoms with Crippen molar-refractivity contribution < 1.29 is 14.4 Å². The molecule has 2 N–H and O–H groups in total. The van der Waals surface area contributed by atoms with E-state index in [2.05, 4.69) is 33.0 Å². The molecule has 0 saturated carbocycles. The van der Waals surface area contributed by atoms with E-state index >= 15 is 0 Å². The predicted octanol–water partition coefficient (Wildman–Crippen LogP) is 2.81. The third-order valence-corrected chi connectivity index (χ3v) is 5.98. The highest BCUT2D eigenvalue weighted by molar-refractivity contribution is 7.16. The molecule has 134 valence electrons. The summed E-state index contributed by atoms with van der Waals surface area (Å²) < 4.78 is 5.85. The van der Waals surface area contributed by atoms with Gasteiger partial charge in [-0.05, 0) is 45.4 Å². The molecule has 2 aromatic rings. The molecule has 5 heteroatoms. The largest absolute Gasteiger partial charge is 0.364 e. The number of carbonyl (C=O) groups excluding carboxylic acids is 1. The number of anilines is 1. The lowest BCUT2D eigenvalue weighted by atomic mass is 10.1. The molecule has 3 rings (SSSR count). The van der Waals surface area contributed by atoms with E-state index in [1.54, 1.807) is 11.3 Å². The molecule has 1 aliphatic heterocycles. The number of thiophene rings is 1. The number of nitrogens with one attached hydrogen (secondary N) is 2. The lowest BCUT2D eigenvalue weighted by Gasteiger charge is -2.32. The molecular weight excluding hydrogens is 332 g/mol. The Bertz CT molecular complexity index is 732. The molecule has 0 radical (unpaired) electrons. The van der Waals surface area contributed by atoms with Crippen molar-refractivity contribution in [2.24, 2.45) is 0 Å². The van der Waals surface area contributed by atoms with E-state index in [1.165, 1.54) is 20.9 Å². The lowest BCUT2D eigenvalue weighted by molar-refractivity contribution is -0.928. The third-order valence-electron chi connectivity index (χ3n) is 4.82. The molecule has 1 aliphatic rings. The predicted molar refractivity (Wildman–Crippen MR) is 103 cm³/mol. The van der Waals surface area contributed by atoms with Gasteiger partial charge >= 0.3 is 0 Å². The molecule has 1 saturated heterocycles. The molecule has 4 nitrogen and oxygen atoms in total. The van der Waals surface area contributed by atoms with Gasteiger partial charge in [0, 0.05) is 16.0 Å². The SMILES string of the molecule is Cc1sc(NC(=O)c2ccccc2)c(C[NH+]2C[C@@H](C)O[C@@H](C)C2)c1C. The van der Waals surface area contributed by atoms with Crippen LogP contribution in [0.15, 0.2) is 30.3 Å². The molecule has 1 aromatic carbocycles. The van der Waals surface area contributed by atoms with Crippen molar-refractivity contribution in [1.82, 2.24) is 0 Å². The zero-order valence-corrected chi connectivity index (χ0v) is 16.2. The van der Waals surface area contributed by atoms with Crippen molar-refractivity contribution in [2.75, 3.05) is 18.4 Å². The zero-order chi connectivity index (χ0) is 18.0. The van der Waals surface area contributed by atoms with E-state index in [-0.39, 0.29) is 18.1 Å². The highest BCUT2D eigenvalue weighted by Gasteiger charge is 2.28. The number of aryl methyl sites for hydroxylation is 1. The Morgan fingerprint density at radius 1 is 1.20 bits per heavy atom. The van der Waals surface area contributed by atoms with Gasteiger partial charge in [0.25, 0.3) is 5.91 Å². The third kappa shape index (κ3) is 4.29. The topological polar surface area (TPSA) is 42.8 Å². The maximum Gasteiger partial charge on any atom is 0.256 e. The Balaban J connectivity index is 1.79. The molecule has 1 aromatic heterocycles. The Morgan fingerprint density at radius 3 is 2.48 bits per heavy atom. The Hall–Kier alpha value is -1.69. The van der Waals surface area contributed by atoms with Gasteiger partial charge < -0.3 is 15.0 Å². The van der Waals surface area contributed by atoms with Crippen LogP contribution in [-0.4, -0.2) is 31.2 Å². The standard InChI is InChI=1S/C20H26N2O2S/c1-13-10-22(11-14(2)24-13)12-18-15(3)16(4)25-20(18)21-19(23)17-8-6-5-7-9-17/h5-9,13-14H,10-12H2,1-4H3,(H,21,23)/p+1/t13-,14+. The van der Waals surface area contributed by atoms with Crippen LogP contribution >= 0.6 is 11.3 Å². The molecule has 0 spiro atoms. The minimum Gasteiger partial charge on any atom is -0.364 e. The number of hydrogen-bond acceptors (Lipinski definition) is 3. The van der Waals surface area contributed by atoms with E-state index in [1.807, 2.05) is 30.3 Å². The fourth-order valence-corrected chi connectivity index (χ4v) is 4.61. The van der Waals surface area contributed by atoms with Crippen molar-refractivity contribution in [2.45, 2.75) is 46.4 Å². The molecule has 1 amide bonds. The number of morpholine rings is 1. The van der Waals surface area contributed by atoms with Crippen LogP contribution in [0.3, 0.4) is 0 Å². The Labute approximate surface area is 153 Å². The molecule has 0 bridgehead atoms. The fourth-order valence-electron chi connectivity index (χ4n) is 3.54. The van der Waals surface area contributed by atoms with Gasteiger partial charge in [0.15, 0.2) is 0 Å². The van der Waals surface area contributed by atoms with Crippen LogP contribution in [0, 0.1) is 13.8 Å². The van der Waals surface area contributed by atoms with Gasteiger partial charge in [0.2, 0.25) is 0 Å². The van der Waals surface area contributed by atoms with Crippen LogP contribution in [0.2, 0.25) is 0 Å². The van der Waals surface area contributed by atoms with Gasteiger partial charge in [0.1, 0.15) is 36.8 Å². The first-order valence-electron chi connectivity index (χ1n) is 8.88. The van der Waals surface area contributed by atoms with Crippen molar-refractivity contribution in [3.05, 3.63) is 51.9 Å². The zero-order valence-electron chi connectivity index (χ0n) is 15.4. The summed E-state index contributed by atoms with van der Waals surface area (Å²) in [5.41, 5.74) is 3.26. The van der Waals surface area contributed by atoms with Gasteiger partial charge in [-0.25, -0.2) is 0 Å². The van der Waals surface area contributed by atoms with E-state index in [0.717, 1.165) is 24.6 Å². The average molecular weight is 360 g/mol. The summed E-state index contributed by atoms with van der Waals surface area (Å²) in [6.07, 6.45) is 0.558. The normalized spacial score (nSPS) is 23.4. The number of ether oxygens (including phenoxy) is 1. The maximum atomic E-state index is 12.6. The molecule has 25 heavy (non-hydrogen) atoms. The summed E-state index contributed by atoms with van der Waals surface area (Å²) in [7, 11) is 0. The Morgan fingerprint density at radius 2 is 1.84 bits per heavy atom. The van der Waals surface area contributed by atoms with Crippen molar-refractivity contribution in [1.29, 1.82) is 0 Å².